The van der Waals surface area contributed by atoms with Gasteiger partial charge in [-0.2, -0.15) is 10.1 Å². The Hall–Kier alpha value is -2.00. The summed E-state index contributed by atoms with van der Waals surface area (Å²) in [5.41, 5.74) is -2.22. The fourth-order valence-electron chi connectivity index (χ4n) is 5.35. The minimum atomic E-state index is -0.795. The maximum absolute atomic E-state index is 13.2. The molecule has 2 heterocycles. The highest BCUT2D eigenvalue weighted by Crippen LogP contribution is 2.40. The number of hydrogen-bond acceptors (Lipinski definition) is 8. The lowest BCUT2D eigenvalue weighted by molar-refractivity contribution is -0.269. The zero-order valence-corrected chi connectivity index (χ0v) is 21.7. The van der Waals surface area contributed by atoms with Gasteiger partial charge in [-0.05, 0) is 93.2 Å². The lowest BCUT2D eigenvalue weighted by atomic mass is 9.79. The van der Waals surface area contributed by atoms with Crippen molar-refractivity contribution in [2.45, 2.75) is 115 Å². The highest BCUT2D eigenvalue weighted by molar-refractivity contribution is 6.03. The molecule has 3 rings (SSSR count). The van der Waals surface area contributed by atoms with Crippen LogP contribution >= 0.6 is 0 Å². The first-order valence-electron chi connectivity index (χ1n) is 12.0. The summed E-state index contributed by atoms with van der Waals surface area (Å²) in [7, 11) is 0. The molecule has 2 N–H and O–H groups in total. The summed E-state index contributed by atoms with van der Waals surface area (Å²) in [6.45, 7) is 15.1. The maximum Gasteiger partial charge on any atom is 0.339 e. The molecule has 190 valence electrons. The van der Waals surface area contributed by atoms with Gasteiger partial charge in [-0.15, -0.1) is 0 Å². The number of hydrogen-bond donors (Lipinski definition) is 2. The number of nitrogens with zero attached hydrogens (tertiary/aromatic N) is 2. The zero-order valence-electron chi connectivity index (χ0n) is 21.7. The highest BCUT2D eigenvalue weighted by atomic mass is 16.6. The van der Waals surface area contributed by atoms with Crippen molar-refractivity contribution in [3.63, 3.8) is 0 Å². The Bertz CT molecular complexity index is 864. The fraction of sp³-hybridized carbons (Fsp3) is 0.692. The monoisotopic (exact) mass is 476 g/mol. The van der Waals surface area contributed by atoms with Crippen LogP contribution in [-0.2, 0) is 9.47 Å². The van der Waals surface area contributed by atoms with Gasteiger partial charge in [0.15, 0.2) is 0 Å². The average molecular weight is 477 g/mol. The molecular weight excluding hydrogens is 436 g/mol. The molecule has 0 radical (unpaired) electrons. The van der Waals surface area contributed by atoms with Crippen molar-refractivity contribution < 1.29 is 29.5 Å². The standard InChI is InChI=1S/C26H40N2O6/c1-23(2)15-13-19(25(5,6)27(23)31)33-21(29)17-11-9-10-12-18(17)22(30)34-20-14-16-24(3,4)28(32)26(20,7)8/h9-12,19-20,31-32H,13-16H2,1-8H3. The molecule has 2 unspecified atom stereocenters. The van der Waals surface area contributed by atoms with Crippen molar-refractivity contribution >= 4 is 11.9 Å². The third kappa shape index (κ3) is 4.73. The Kier molecular flexibility index (Phi) is 6.96. The van der Waals surface area contributed by atoms with E-state index in [4.69, 9.17) is 9.47 Å². The number of piperidine rings is 2. The summed E-state index contributed by atoms with van der Waals surface area (Å²) in [5.74, 6) is -1.27. The number of rotatable bonds is 4. The van der Waals surface area contributed by atoms with Crippen molar-refractivity contribution in [3.8, 4) is 0 Å². The topological polar surface area (TPSA) is 99.5 Å². The minimum Gasteiger partial charge on any atom is -0.457 e. The molecule has 2 aliphatic heterocycles. The first-order valence-corrected chi connectivity index (χ1v) is 12.0. The SMILES string of the molecule is CC1(C)CCC(OC(=O)c2ccccc2C(=O)OC2CCC(C)(C)N(O)C2(C)C)C(C)(C)N1O. The number of benzene rings is 1. The molecule has 1 aromatic rings. The van der Waals surface area contributed by atoms with E-state index in [2.05, 4.69) is 0 Å². The molecule has 2 saturated heterocycles. The maximum atomic E-state index is 13.2. The fourth-order valence-corrected chi connectivity index (χ4v) is 5.35. The molecule has 0 amide bonds. The molecule has 0 bridgehead atoms. The molecule has 34 heavy (non-hydrogen) atoms. The van der Waals surface area contributed by atoms with Crippen LogP contribution in [0.1, 0.15) is 102 Å². The van der Waals surface area contributed by atoms with Crippen LogP contribution in [0.5, 0.6) is 0 Å². The quantitative estimate of drug-likeness (QED) is 0.597. The molecule has 0 aromatic heterocycles. The van der Waals surface area contributed by atoms with E-state index in [0.717, 1.165) is 0 Å². The predicted molar refractivity (Wildman–Crippen MR) is 127 cm³/mol. The molecular formula is C26H40N2O6. The van der Waals surface area contributed by atoms with Crippen molar-refractivity contribution in [2.24, 2.45) is 0 Å². The van der Waals surface area contributed by atoms with Gasteiger partial charge in [0, 0.05) is 11.1 Å². The van der Waals surface area contributed by atoms with Gasteiger partial charge in [-0.3, -0.25) is 0 Å². The van der Waals surface area contributed by atoms with Gasteiger partial charge in [0.05, 0.1) is 22.2 Å². The van der Waals surface area contributed by atoms with E-state index >= 15 is 0 Å². The largest absolute Gasteiger partial charge is 0.457 e. The normalized spacial score (nSPS) is 28.2. The van der Waals surface area contributed by atoms with E-state index in [0.29, 0.717) is 25.7 Å². The molecule has 2 aliphatic rings. The number of esters is 2. The molecule has 0 saturated carbocycles. The Labute approximate surface area is 202 Å². The highest BCUT2D eigenvalue weighted by Gasteiger charge is 2.50. The summed E-state index contributed by atoms with van der Waals surface area (Å²) >= 11 is 0. The van der Waals surface area contributed by atoms with Crippen LogP contribution in [0, 0.1) is 0 Å². The van der Waals surface area contributed by atoms with Gasteiger partial charge in [-0.25, -0.2) is 9.59 Å². The van der Waals surface area contributed by atoms with Crippen LogP contribution in [0.3, 0.4) is 0 Å². The number of hydroxylamine groups is 4. The van der Waals surface area contributed by atoms with Gasteiger partial charge in [-0.1, -0.05) is 12.1 Å². The zero-order chi connectivity index (χ0) is 25.7. The number of ether oxygens (including phenoxy) is 2. The van der Waals surface area contributed by atoms with Crippen molar-refractivity contribution in [3.05, 3.63) is 35.4 Å². The molecule has 2 fully saturated rings. The third-order valence-electron chi connectivity index (χ3n) is 7.72. The van der Waals surface area contributed by atoms with E-state index < -0.39 is 46.3 Å². The van der Waals surface area contributed by atoms with E-state index in [-0.39, 0.29) is 11.1 Å². The van der Waals surface area contributed by atoms with Gasteiger partial charge in [0.2, 0.25) is 0 Å². The molecule has 8 heteroatoms. The Morgan fingerprint density at radius 2 is 1.06 bits per heavy atom. The summed E-state index contributed by atoms with van der Waals surface area (Å²) < 4.78 is 11.7. The summed E-state index contributed by atoms with van der Waals surface area (Å²) in [5, 5.41) is 23.9. The van der Waals surface area contributed by atoms with E-state index in [1.165, 1.54) is 10.1 Å². The van der Waals surface area contributed by atoms with Crippen LogP contribution in [0.4, 0.5) is 0 Å². The van der Waals surface area contributed by atoms with Crippen molar-refractivity contribution in [1.82, 2.24) is 10.1 Å². The molecule has 0 spiro atoms. The first kappa shape index (κ1) is 26.6. The summed E-state index contributed by atoms with van der Waals surface area (Å²) in [6, 6.07) is 6.43. The molecule has 0 aliphatic carbocycles. The predicted octanol–water partition coefficient (Wildman–Crippen LogP) is 4.82. The Balaban J connectivity index is 1.78. The second kappa shape index (κ2) is 8.90. The first-order chi connectivity index (χ1) is 15.5. The van der Waals surface area contributed by atoms with Crippen LogP contribution < -0.4 is 0 Å². The van der Waals surface area contributed by atoms with Crippen LogP contribution in [0.2, 0.25) is 0 Å². The number of carbonyl (C=O) groups is 2. The van der Waals surface area contributed by atoms with Crippen LogP contribution in [0.25, 0.3) is 0 Å². The lowest BCUT2D eigenvalue weighted by Crippen LogP contribution is -2.64. The second-order valence-electron chi connectivity index (χ2n) is 12.0. The van der Waals surface area contributed by atoms with Gasteiger partial charge in [0.25, 0.3) is 0 Å². The van der Waals surface area contributed by atoms with E-state index in [1.54, 1.807) is 24.3 Å². The van der Waals surface area contributed by atoms with E-state index in [1.807, 2.05) is 55.4 Å². The summed E-state index contributed by atoms with van der Waals surface area (Å²) in [4.78, 5) is 26.3. The molecule has 8 nitrogen and oxygen atoms in total. The smallest absolute Gasteiger partial charge is 0.339 e. The lowest BCUT2D eigenvalue weighted by Gasteiger charge is -2.52. The van der Waals surface area contributed by atoms with Gasteiger partial charge < -0.3 is 19.9 Å². The Morgan fingerprint density at radius 1 is 0.735 bits per heavy atom. The van der Waals surface area contributed by atoms with Crippen LogP contribution in [0.15, 0.2) is 24.3 Å². The second-order valence-corrected chi connectivity index (χ2v) is 12.0. The van der Waals surface area contributed by atoms with Gasteiger partial charge in [0.1, 0.15) is 12.2 Å². The third-order valence-corrected chi connectivity index (χ3v) is 7.72. The average Bonchev–Trinajstić information content (AvgIpc) is 2.75. The summed E-state index contributed by atoms with van der Waals surface area (Å²) in [6.07, 6.45) is 1.38. The molecule has 2 atom stereocenters. The minimum absolute atomic E-state index is 0.118. The van der Waals surface area contributed by atoms with E-state index in [9.17, 15) is 20.0 Å². The van der Waals surface area contributed by atoms with Crippen LogP contribution in [-0.4, -0.2) is 66.8 Å². The van der Waals surface area contributed by atoms with Crippen molar-refractivity contribution in [2.75, 3.05) is 0 Å². The van der Waals surface area contributed by atoms with Crippen molar-refractivity contribution in [1.29, 1.82) is 0 Å². The molecule has 1 aromatic carbocycles. The van der Waals surface area contributed by atoms with Gasteiger partial charge >= 0.3 is 11.9 Å². The number of carbonyl (C=O) groups excluding carboxylic acids is 2. The Morgan fingerprint density at radius 3 is 1.38 bits per heavy atom.